The fraction of sp³-hybridized carbons (Fsp3) is 0.556. The average molecular weight is 333 g/mol. The van der Waals surface area contributed by atoms with Crippen LogP contribution in [0.15, 0.2) is 24.3 Å². The maximum atomic E-state index is 12.5. The Morgan fingerprint density at radius 1 is 1.38 bits per heavy atom. The van der Waals surface area contributed by atoms with Crippen LogP contribution in [0.2, 0.25) is 0 Å². The summed E-state index contributed by atoms with van der Waals surface area (Å²) in [5.74, 6) is 0.696. The van der Waals surface area contributed by atoms with Gasteiger partial charge in [-0.3, -0.25) is 14.5 Å². The van der Waals surface area contributed by atoms with Crippen molar-refractivity contribution in [1.29, 1.82) is 0 Å². The second-order valence-electron chi connectivity index (χ2n) is 6.66. The molecule has 2 unspecified atom stereocenters. The summed E-state index contributed by atoms with van der Waals surface area (Å²) < 4.78 is 5.59. The molecule has 0 fully saturated rings. The molecule has 0 saturated carbocycles. The maximum absolute atomic E-state index is 12.5. The van der Waals surface area contributed by atoms with Crippen molar-refractivity contribution < 1.29 is 14.3 Å². The van der Waals surface area contributed by atoms with E-state index < -0.39 is 6.10 Å². The maximum Gasteiger partial charge on any atom is 0.268 e. The molecule has 24 heavy (non-hydrogen) atoms. The number of carbonyl (C=O) groups excluding carboxylic acids is 2. The molecule has 1 aromatic carbocycles. The Labute approximate surface area is 143 Å². The standard InChI is InChI=1S/C18H27N3O3/c1-12(2)14(19)9-10-20(4)17(22)11-21-15-7-5-6-8-16(15)24-13(3)18(21)23/h5-8,12-14H,9-11,19H2,1-4H3. The minimum absolute atomic E-state index is 0.0109. The van der Waals surface area contributed by atoms with Gasteiger partial charge in [0.2, 0.25) is 5.91 Å². The Hall–Kier alpha value is -2.08. The van der Waals surface area contributed by atoms with Crippen LogP contribution in [0.1, 0.15) is 27.2 Å². The molecule has 132 valence electrons. The van der Waals surface area contributed by atoms with Crippen LogP contribution in [0, 0.1) is 5.92 Å². The lowest BCUT2D eigenvalue weighted by atomic mass is 10.0. The molecule has 1 heterocycles. The third-order valence-corrected chi connectivity index (χ3v) is 4.45. The summed E-state index contributed by atoms with van der Waals surface area (Å²) in [7, 11) is 1.75. The number of para-hydroxylation sites is 2. The van der Waals surface area contributed by atoms with Gasteiger partial charge in [-0.05, 0) is 31.4 Å². The second kappa shape index (κ2) is 7.66. The first-order valence-electron chi connectivity index (χ1n) is 8.38. The third kappa shape index (κ3) is 4.06. The van der Waals surface area contributed by atoms with E-state index in [-0.39, 0.29) is 24.4 Å². The molecule has 2 rings (SSSR count). The summed E-state index contributed by atoms with van der Waals surface area (Å²) >= 11 is 0. The van der Waals surface area contributed by atoms with E-state index in [1.807, 2.05) is 12.1 Å². The normalized spacial score (nSPS) is 18.2. The zero-order valence-corrected chi connectivity index (χ0v) is 14.9. The van der Waals surface area contributed by atoms with Gasteiger partial charge in [0, 0.05) is 19.6 Å². The van der Waals surface area contributed by atoms with Crippen molar-refractivity contribution in [1.82, 2.24) is 4.90 Å². The number of ether oxygens (including phenoxy) is 1. The minimum atomic E-state index is -0.590. The van der Waals surface area contributed by atoms with E-state index in [0.717, 1.165) is 6.42 Å². The van der Waals surface area contributed by atoms with Gasteiger partial charge in [0.05, 0.1) is 5.69 Å². The molecule has 0 radical (unpaired) electrons. The third-order valence-electron chi connectivity index (χ3n) is 4.45. The summed E-state index contributed by atoms with van der Waals surface area (Å²) in [5.41, 5.74) is 6.67. The van der Waals surface area contributed by atoms with Crippen molar-refractivity contribution in [2.75, 3.05) is 25.0 Å². The van der Waals surface area contributed by atoms with E-state index in [2.05, 4.69) is 13.8 Å². The Balaban J connectivity index is 2.04. The molecule has 0 aromatic heterocycles. The van der Waals surface area contributed by atoms with E-state index in [4.69, 9.17) is 10.5 Å². The SMILES string of the molecule is CC1Oc2ccccc2N(CC(=O)N(C)CCC(N)C(C)C)C1=O. The molecule has 2 amide bonds. The zero-order chi connectivity index (χ0) is 17.9. The summed E-state index contributed by atoms with van der Waals surface area (Å²) in [4.78, 5) is 28.1. The van der Waals surface area contributed by atoms with Crippen LogP contribution < -0.4 is 15.4 Å². The fourth-order valence-electron chi connectivity index (χ4n) is 2.58. The van der Waals surface area contributed by atoms with Gasteiger partial charge in [0.25, 0.3) is 5.91 Å². The van der Waals surface area contributed by atoms with Crippen LogP contribution in [-0.4, -0.2) is 49.0 Å². The number of rotatable bonds is 6. The van der Waals surface area contributed by atoms with E-state index in [9.17, 15) is 9.59 Å². The number of benzene rings is 1. The highest BCUT2D eigenvalue weighted by atomic mass is 16.5. The molecule has 0 aliphatic carbocycles. The van der Waals surface area contributed by atoms with Crippen molar-refractivity contribution in [3.63, 3.8) is 0 Å². The number of likely N-dealkylation sites (N-methyl/N-ethyl adjacent to an activating group) is 1. The Bertz CT molecular complexity index is 603. The lowest BCUT2D eigenvalue weighted by Crippen LogP contribution is -2.49. The first kappa shape index (κ1) is 18.3. The number of hydrogen-bond donors (Lipinski definition) is 1. The molecule has 6 nitrogen and oxygen atoms in total. The van der Waals surface area contributed by atoms with Gasteiger partial charge in [-0.2, -0.15) is 0 Å². The Kier molecular flexibility index (Phi) is 5.83. The first-order chi connectivity index (χ1) is 11.3. The summed E-state index contributed by atoms with van der Waals surface area (Å²) in [6.45, 7) is 6.42. The van der Waals surface area contributed by atoms with Gasteiger partial charge in [0.15, 0.2) is 6.10 Å². The van der Waals surface area contributed by atoms with E-state index in [1.54, 1.807) is 31.0 Å². The van der Waals surface area contributed by atoms with Crippen molar-refractivity contribution >= 4 is 17.5 Å². The van der Waals surface area contributed by atoms with Crippen LogP contribution in [0.4, 0.5) is 5.69 Å². The van der Waals surface area contributed by atoms with E-state index in [1.165, 1.54) is 4.90 Å². The minimum Gasteiger partial charge on any atom is -0.479 e. The number of anilines is 1. The molecular formula is C18H27N3O3. The lowest BCUT2D eigenvalue weighted by Gasteiger charge is -2.33. The highest BCUT2D eigenvalue weighted by Gasteiger charge is 2.33. The van der Waals surface area contributed by atoms with Gasteiger partial charge in [-0.25, -0.2) is 0 Å². The molecule has 1 aliphatic rings. The number of carbonyl (C=O) groups is 2. The molecule has 0 bridgehead atoms. The van der Waals surface area contributed by atoms with Crippen LogP contribution in [0.25, 0.3) is 0 Å². The van der Waals surface area contributed by atoms with Crippen LogP contribution in [-0.2, 0) is 9.59 Å². The summed E-state index contributed by atoms with van der Waals surface area (Å²) in [6.07, 6.45) is 0.150. The molecule has 2 atom stereocenters. The largest absolute Gasteiger partial charge is 0.479 e. The van der Waals surface area contributed by atoms with Crippen LogP contribution in [0.3, 0.4) is 0 Å². The Morgan fingerprint density at radius 3 is 2.71 bits per heavy atom. The molecule has 0 spiro atoms. The number of fused-ring (bicyclic) bond motifs is 1. The highest BCUT2D eigenvalue weighted by molar-refractivity contribution is 6.03. The van der Waals surface area contributed by atoms with Crippen LogP contribution >= 0.6 is 0 Å². The van der Waals surface area contributed by atoms with Crippen LogP contribution in [0.5, 0.6) is 5.75 Å². The first-order valence-corrected chi connectivity index (χ1v) is 8.38. The average Bonchev–Trinajstić information content (AvgIpc) is 2.55. The molecule has 1 aromatic rings. The number of amides is 2. The van der Waals surface area contributed by atoms with E-state index in [0.29, 0.717) is 23.9 Å². The van der Waals surface area contributed by atoms with Crippen molar-refractivity contribution in [2.45, 2.75) is 39.3 Å². The monoisotopic (exact) mass is 333 g/mol. The molecule has 6 heteroatoms. The van der Waals surface area contributed by atoms with Gasteiger partial charge >= 0.3 is 0 Å². The van der Waals surface area contributed by atoms with E-state index >= 15 is 0 Å². The van der Waals surface area contributed by atoms with Gasteiger partial charge in [-0.15, -0.1) is 0 Å². The number of hydrogen-bond acceptors (Lipinski definition) is 4. The number of nitrogens with zero attached hydrogens (tertiary/aromatic N) is 2. The zero-order valence-electron chi connectivity index (χ0n) is 14.9. The predicted molar refractivity (Wildman–Crippen MR) is 94.0 cm³/mol. The van der Waals surface area contributed by atoms with Gasteiger partial charge in [0.1, 0.15) is 12.3 Å². The lowest BCUT2D eigenvalue weighted by molar-refractivity contribution is -0.132. The van der Waals surface area contributed by atoms with Crippen molar-refractivity contribution in [3.8, 4) is 5.75 Å². The summed E-state index contributed by atoms with van der Waals surface area (Å²) in [5, 5.41) is 0. The smallest absolute Gasteiger partial charge is 0.268 e. The molecule has 0 saturated heterocycles. The van der Waals surface area contributed by atoms with Crippen molar-refractivity contribution in [3.05, 3.63) is 24.3 Å². The Morgan fingerprint density at radius 2 is 2.04 bits per heavy atom. The quantitative estimate of drug-likeness (QED) is 0.858. The molecule has 2 N–H and O–H groups in total. The van der Waals surface area contributed by atoms with Crippen molar-refractivity contribution in [2.24, 2.45) is 11.7 Å². The van der Waals surface area contributed by atoms with Gasteiger partial charge in [-0.1, -0.05) is 26.0 Å². The predicted octanol–water partition coefficient (Wildman–Crippen LogP) is 1.63. The molecule has 1 aliphatic heterocycles. The summed E-state index contributed by atoms with van der Waals surface area (Å²) in [6, 6.07) is 7.34. The topological polar surface area (TPSA) is 75.9 Å². The second-order valence-corrected chi connectivity index (χ2v) is 6.66. The highest BCUT2D eigenvalue weighted by Crippen LogP contribution is 2.33. The number of nitrogens with two attached hydrogens (primary N) is 1. The van der Waals surface area contributed by atoms with Gasteiger partial charge < -0.3 is 15.4 Å². The fourth-order valence-corrected chi connectivity index (χ4v) is 2.58. The molecular weight excluding hydrogens is 306 g/mol.